The Morgan fingerprint density at radius 2 is 2.00 bits per heavy atom. The van der Waals surface area contributed by atoms with Crippen LogP contribution in [0.2, 0.25) is 0 Å². The molecule has 9 heteroatoms. The van der Waals surface area contributed by atoms with Crippen LogP contribution in [0.1, 0.15) is 23.7 Å². The molecular formula is C17H17F3N4O2. The van der Waals surface area contributed by atoms with E-state index in [1.807, 2.05) is 24.3 Å². The van der Waals surface area contributed by atoms with Gasteiger partial charge in [-0.2, -0.15) is 13.2 Å². The predicted octanol–water partition coefficient (Wildman–Crippen LogP) is 2.66. The maximum Gasteiger partial charge on any atom is 0.433 e. The number of halogens is 3. The standard InChI is InChI=1S/C17H17F3N4O2/c1-26-14-5-3-2-4-11(14)12-8-13(24-23-12)16(25)22-10-6-7-15(21-9-10)17(18,19)20/h2-7,9,12-13,23-24H,8H2,1H3,(H,22,25). The number of anilines is 1. The number of rotatable bonds is 4. The molecule has 0 spiro atoms. The summed E-state index contributed by atoms with van der Waals surface area (Å²) >= 11 is 0. The van der Waals surface area contributed by atoms with E-state index in [-0.39, 0.29) is 17.6 Å². The predicted molar refractivity (Wildman–Crippen MR) is 88.3 cm³/mol. The zero-order valence-corrected chi connectivity index (χ0v) is 13.8. The lowest BCUT2D eigenvalue weighted by molar-refractivity contribution is -0.141. The van der Waals surface area contributed by atoms with Gasteiger partial charge in [0.05, 0.1) is 25.0 Å². The van der Waals surface area contributed by atoms with Crippen LogP contribution in [0.4, 0.5) is 18.9 Å². The fraction of sp³-hybridized carbons (Fsp3) is 0.294. The van der Waals surface area contributed by atoms with Gasteiger partial charge >= 0.3 is 6.18 Å². The number of hydrazine groups is 1. The number of hydrogen-bond donors (Lipinski definition) is 3. The fourth-order valence-corrected chi connectivity index (χ4v) is 2.75. The molecule has 1 amide bonds. The van der Waals surface area contributed by atoms with Crippen LogP contribution in [0.25, 0.3) is 0 Å². The van der Waals surface area contributed by atoms with Crippen LogP contribution in [-0.2, 0) is 11.0 Å². The zero-order valence-electron chi connectivity index (χ0n) is 13.8. The summed E-state index contributed by atoms with van der Waals surface area (Å²) in [4.78, 5) is 15.7. The molecule has 0 radical (unpaired) electrons. The lowest BCUT2D eigenvalue weighted by Gasteiger charge is -2.14. The molecule has 1 saturated heterocycles. The van der Waals surface area contributed by atoms with E-state index in [4.69, 9.17) is 4.74 Å². The Hall–Kier alpha value is -2.65. The second-order valence-corrected chi connectivity index (χ2v) is 5.79. The third-order valence-electron chi connectivity index (χ3n) is 4.06. The van der Waals surface area contributed by atoms with Crippen LogP contribution in [-0.4, -0.2) is 24.0 Å². The summed E-state index contributed by atoms with van der Waals surface area (Å²) in [5.74, 6) is 0.344. The van der Waals surface area contributed by atoms with Crippen molar-refractivity contribution >= 4 is 11.6 Å². The van der Waals surface area contributed by atoms with Crippen LogP contribution in [0.5, 0.6) is 5.75 Å². The number of carbonyl (C=O) groups excluding carboxylic acids is 1. The third kappa shape index (κ3) is 3.94. The molecule has 1 fully saturated rings. The average Bonchev–Trinajstić information content (AvgIpc) is 3.11. The number of carbonyl (C=O) groups is 1. The SMILES string of the molecule is COc1ccccc1C1CC(C(=O)Nc2ccc(C(F)(F)F)nc2)NN1. The number of ether oxygens (including phenoxy) is 1. The van der Waals surface area contributed by atoms with E-state index in [9.17, 15) is 18.0 Å². The molecule has 0 bridgehead atoms. The van der Waals surface area contributed by atoms with Crippen molar-refractivity contribution in [3.05, 3.63) is 53.9 Å². The zero-order chi connectivity index (χ0) is 18.7. The number of nitrogens with one attached hydrogen (secondary N) is 3. The first kappa shape index (κ1) is 18.2. The topological polar surface area (TPSA) is 75.3 Å². The van der Waals surface area contributed by atoms with Crippen molar-refractivity contribution in [3.63, 3.8) is 0 Å². The summed E-state index contributed by atoms with van der Waals surface area (Å²) in [5.41, 5.74) is 6.04. The Labute approximate surface area is 147 Å². The van der Waals surface area contributed by atoms with Gasteiger partial charge < -0.3 is 10.1 Å². The van der Waals surface area contributed by atoms with Crippen LogP contribution in [0.15, 0.2) is 42.6 Å². The number of nitrogens with zero attached hydrogens (tertiary/aromatic N) is 1. The van der Waals surface area contributed by atoms with Gasteiger partial charge in [0, 0.05) is 5.56 Å². The largest absolute Gasteiger partial charge is 0.496 e. The summed E-state index contributed by atoms with van der Waals surface area (Å²) in [7, 11) is 1.57. The summed E-state index contributed by atoms with van der Waals surface area (Å²) in [5, 5.41) is 2.56. The van der Waals surface area contributed by atoms with Crippen LogP contribution in [0.3, 0.4) is 0 Å². The van der Waals surface area contributed by atoms with Crippen molar-refractivity contribution in [1.29, 1.82) is 0 Å². The molecule has 1 aromatic carbocycles. The smallest absolute Gasteiger partial charge is 0.433 e. The number of methoxy groups -OCH3 is 1. The molecular weight excluding hydrogens is 349 g/mol. The summed E-state index contributed by atoms with van der Waals surface area (Å²) in [6, 6.07) is 8.78. The maximum absolute atomic E-state index is 12.5. The molecule has 2 atom stereocenters. The van der Waals surface area contributed by atoms with E-state index in [0.717, 1.165) is 17.8 Å². The van der Waals surface area contributed by atoms with E-state index in [2.05, 4.69) is 21.2 Å². The molecule has 26 heavy (non-hydrogen) atoms. The minimum atomic E-state index is -4.51. The number of alkyl halides is 3. The Morgan fingerprint density at radius 3 is 2.65 bits per heavy atom. The highest BCUT2D eigenvalue weighted by Gasteiger charge is 2.33. The third-order valence-corrected chi connectivity index (χ3v) is 4.06. The summed E-state index contributed by atoms with van der Waals surface area (Å²) in [6.07, 6.45) is -3.07. The molecule has 0 saturated carbocycles. The number of para-hydroxylation sites is 1. The molecule has 3 rings (SSSR count). The Balaban J connectivity index is 1.63. The van der Waals surface area contributed by atoms with E-state index >= 15 is 0 Å². The van der Waals surface area contributed by atoms with Crippen LogP contribution in [0, 0.1) is 0 Å². The molecule has 138 valence electrons. The van der Waals surface area contributed by atoms with Gasteiger partial charge in [-0.3, -0.25) is 4.79 Å². The van der Waals surface area contributed by atoms with Crippen molar-refractivity contribution in [2.75, 3.05) is 12.4 Å². The van der Waals surface area contributed by atoms with Gasteiger partial charge in [-0.05, 0) is 24.6 Å². The van der Waals surface area contributed by atoms with Crippen molar-refractivity contribution in [1.82, 2.24) is 15.8 Å². The number of hydrogen-bond acceptors (Lipinski definition) is 5. The second kappa shape index (κ2) is 7.30. The lowest BCUT2D eigenvalue weighted by Crippen LogP contribution is -2.39. The molecule has 1 aromatic heterocycles. The summed E-state index contributed by atoms with van der Waals surface area (Å²) < 4.78 is 42.9. The van der Waals surface area contributed by atoms with E-state index in [1.165, 1.54) is 6.07 Å². The highest BCUT2D eigenvalue weighted by atomic mass is 19.4. The Bertz CT molecular complexity index is 780. The number of benzene rings is 1. The maximum atomic E-state index is 12.5. The Morgan fingerprint density at radius 1 is 1.23 bits per heavy atom. The molecule has 1 aliphatic rings. The number of aromatic nitrogens is 1. The Kier molecular flexibility index (Phi) is 5.10. The molecule has 6 nitrogen and oxygen atoms in total. The number of amides is 1. The molecule has 3 N–H and O–H groups in total. The van der Waals surface area contributed by atoms with Crippen molar-refractivity contribution in [3.8, 4) is 5.75 Å². The van der Waals surface area contributed by atoms with Gasteiger partial charge in [0.2, 0.25) is 5.91 Å². The molecule has 2 heterocycles. The summed E-state index contributed by atoms with van der Waals surface area (Å²) in [6.45, 7) is 0. The van der Waals surface area contributed by atoms with Gasteiger partial charge in [-0.1, -0.05) is 18.2 Å². The van der Waals surface area contributed by atoms with Crippen LogP contribution >= 0.6 is 0 Å². The molecule has 2 aromatic rings. The number of pyridine rings is 1. The quantitative estimate of drug-likeness (QED) is 0.776. The van der Waals surface area contributed by atoms with Gasteiger partial charge in [-0.25, -0.2) is 15.8 Å². The first-order valence-electron chi connectivity index (χ1n) is 7.86. The monoisotopic (exact) mass is 366 g/mol. The highest BCUT2D eigenvalue weighted by Crippen LogP contribution is 2.30. The van der Waals surface area contributed by atoms with Crippen LogP contribution < -0.4 is 20.9 Å². The van der Waals surface area contributed by atoms with Gasteiger partial charge in [0.1, 0.15) is 17.5 Å². The van der Waals surface area contributed by atoms with Gasteiger partial charge in [0.25, 0.3) is 0 Å². The fourth-order valence-electron chi connectivity index (χ4n) is 2.75. The van der Waals surface area contributed by atoms with E-state index in [1.54, 1.807) is 7.11 Å². The lowest BCUT2D eigenvalue weighted by atomic mass is 10.0. The molecule has 2 unspecified atom stereocenters. The molecule has 1 aliphatic heterocycles. The normalized spacial score (nSPS) is 20.0. The highest BCUT2D eigenvalue weighted by molar-refractivity contribution is 5.94. The molecule has 0 aliphatic carbocycles. The van der Waals surface area contributed by atoms with Gasteiger partial charge in [-0.15, -0.1) is 0 Å². The van der Waals surface area contributed by atoms with E-state index < -0.39 is 17.9 Å². The minimum Gasteiger partial charge on any atom is -0.496 e. The van der Waals surface area contributed by atoms with Crippen molar-refractivity contribution in [2.24, 2.45) is 0 Å². The van der Waals surface area contributed by atoms with Crippen molar-refractivity contribution in [2.45, 2.75) is 24.7 Å². The first-order chi connectivity index (χ1) is 12.4. The first-order valence-corrected chi connectivity index (χ1v) is 7.86. The van der Waals surface area contributed by atoms with Gasteiger partial charge in [0.15, 0.2) is 0 Å². The van der Waals surface area contributed by atoms with E-state index in [0.29, 0.717) is 12.2 Å². The van der Waals surface area contributed by atoms with Crippen molar-refractivity contribution < 1.29 is 22.7 Å². The second-order valence-electron chi connectivity index (χ2n) is 5.79. The minimum absolute atomic E-state index is 0.132. The average molecular weight is 366 g/mol.